The Hall–Kier alpha value is -2.09. The summed E-state index contributed by atoms with van der Waals surface area (Å²) in [6.45, 7) is 2.51. The fourth-order valence-electron chi connectivity index (χ4n) is 3.08. The second kappa shape index (κ2) is 7.50. The number of amides is 1. The summed E-state index contributed by atoms with van der Waals surface area (Å²) >= 11 is 14.2. The number of hydrogen-bond donors (Lipinski definition) is 0. The molecule has 0 spiro atoms. The van der Waals surface area contributed by atoms with Gasteiger partial charge < -0.3 is 14.5 Å². The quantitative estimate of drug-likeness (QED) is 0.638. The maximum Gasteiger partial charge on any atom is 0.265 e. The third-order valence-electron chi connectivity index (χ3n) is 4.52. The number of benzene rings is 1. The number of halogens is 2. The first-order chi connectivity index (χ1) is 13.1. The molecule has 0 saturated carbocycles. The molecule has 27 heavy (non-hydrogen) atoms. The van der Waals surface area contributed by atoms with Crippen molar-refractivity contribution in [1.82, 2.24) is 14.9 Å². The highest BCUT2D eigenvalue weighted by Gasteiger charge is 2.27. The highest BCUT2D eigenvalue weighted by atomic mass is 35.5. The van der Waals surface area contributed by atoms with Crippen molar-refractivity contribution in [3.63, 3.8) is 0 Å². The molecule has 4 rings (SSSR count). The summed E-state index contributed by atoms with van der Waals surface area (Å²) in [6.07, 6.45) is 3.43. The van der Waals surface area contributed by atoms with Gasteiger partial charge in [0.2, 0.25) is 5.95 Å². The molecule has 6 nitrogen and oxygen atoms in total. The number of hydrogen-bond acceptors (Lipinski definition) is 6. The van der Waals surface area contributed by atoms with Crippen molar-refractivity contribution in [1.29, 1.82) is 0 Å². The van der Waals surface area contributed by atoms with Gasteiger partial charge in [0, 0.05) is 44.0 Å². The Morgan fingerprint density at radius 3 is 2.48 bits per heavy atom. The monoisotopic (exact) mass is 422 g/mol. The van der Waals surface area contributed by atoms with Crippen LogP contribution in [0.5, 0.6) is 5.75 Å². The first-order valence-corrected chi connectivity index (χ1v) is 9.93. The third-order valence-corrected chi connectivity index (χ3v) is 6.72. The lowest BCUT2D eigenvalue weighted by Gasteiger charge is -2.34. The molecule has 3 heterocycles. The Morgan fingerprint density at radius 1 is 1.11 bits per heavy atom. The van der Waals surface area contributed by atoms with Crippen LogP contribution in [0.3, 0.4) is 0 Å². The molecule has 1 aliphatic heterocycles. The summed E-state index contributed by atoms with van der Waals surface area (Å²) in [7, 11) is 1.56. The number of fused-ring (bicyclic) bond motifs is 1. The minimum Gasteiger partial charge on any atom is -0.495 e. The number of piperazine rings is 1. The summed E-state index contributed by atoms with van der Waals surface area (Å²) in [5.74, 6) is 1.17. The Kier molecular flexibility index (Phi) is 5.08. The fraction of sp³-hybridized carbons (Fsp3) is 0.278. The molecule has 1 fully saturated rings. The lowest BCUT2D eigenvalue weighted by molar-refractivity contribution is 0.0751. The number of carbonyl (C=O) groups is 1. The smallest absolute Gasteiger partial charge is 0.265 e. The largest absolute Gasteiger partial charge is 0.495 e. The molecule has 0 atom stereocenters. The standard InChI is InChI=1S/C18H16Cl2N4O2S/c1-26-12-4-3-11-13(19)16(27-15(11)14(12)20)17(25)23-7-9-24(10-8-23)18-21-5-2-6-22-18/h2-6H,7-10H2,1H3. The summed E-state index contributed by atoms with van der Waals surface area (Å²) in [4.78, 5) is 25.9. The maximum atomic E-state index is 13.0. The minimum absolute atomic E-state index is 0.0788. The second-order valence-electron chi connectivity index (χ2n) is 6.03. The second-order valence-corrected chi connectivity index (χ2v) is 7.81. The molecule has 0 radical (unpaired) electrons. The molecular weight excluding hydrogens is 407 g/mol. The highest BCUT2D eigenvalue weighted by Crippen LogP contribution is 2.43. The van der Waals surface area contributed by atoms with E-state index in [9.17, 15) is 4.79 Å². The van der Waals surface area contributed by atoms with Gasteiger partial charge in [-0.2, -0.15) is 0 Å². The van der Waals surface area contributed by atoms with Gasteiger partial charge in [0.25, 0.3) is 5.91 Å². The van der Waals surface area contributed by atoms with Gasteiger partial charge in [0.05, 0.1) is 16.8 Å². The molecule has 1 aromatic carbocycles. The number of thiophene rings is 1. The van der Waals surface area contributed by atoms with Gasteiger partial charge in [-0.15, -0.1) is 11.3 Å². The molecule has 0 bridgehead atoms. The Labute approximate surface area is 170 Å². The fourth-order valence-corrected chi connectivity index (χ4v) is 4.94. The van der Waals surface area contributed by atoms with Crippen LogP contribution in [-0.4, -0.2) is 54.1 Å². The van der Waals surface area contributed by atoms with Crippen LogP contribution in [0.1, 0.15) is 9.67 Å². The van der Waals surface area contributed by atoms with Crippen molar-refractivity contribution in [2.75, 3.05) is 38.2 Å². The molecule has 3 aromatic rings. The number of rotatable bonds is 3. The Balaban J connectivity index is 1.55. The predicted octanol–water partition coefficient (Wildman–Crippen LogP) is 3.97. The SMILES string of the molecule is COc1ccc2c(Cl)c(C(=O)N3CCN(c4ncccn4)CC3)sc2c1Cl. The van der Waals surface area contributed by atoms with E-state index < -0.39 is 0 Å². The first kappa shape index (κ1) is 18.3. The minimum atomic E-state index is -0.0788. The summed E-state index contributed by atoms with van der Waals surface area (Å²) in [5.41, 5.74) is 0. The summed E-state index contributed by atoms with van der Waals surface area (Å²) < 4.78 is 6.02. The topological polar surface area (TPSA) is 58.6 Å². The van der Waals surface area contributed by atoms with Gasteiger partial charge in [-0.25, -0.2) is 9.97 Å². The van der Waals surface area contributed by atoms with Crippen LogP contribution in [0, 0.1) is 0 Å². The molecule has 9 heteroatoms. The van der Waals surface area contributed by atoms with Crippen molar-refractivity contribution in [2.45, 2.75) is 0 Å². The zero-order valence-electron chi connectivity index (χ0n) is 14.5. The maximum absolute atomic E-state index is 13.0. The molecular formula is C18H16Cl2N4O2S. The molecule has 0 unspecified atom stereocenters. The van der Waals surface area contributed by atoms with Crippen LogP contribution in [0.25, 0.3) is 10.1 Å². The lowest BCUT2D eigenvalue weighted by atomic mass is 10.2. The van der Waals surface area contributed by atoms with Crippen LogP contribution in [0.15, 0.2) is 30.6 Å². The molecule has 2 aromatic heterocycles. The van der Waals surface area contributed by atoms with Crippen LogP contribution < -0.4 is 9.64 Å². The van der Waals surface area contributed by atoms with Crippen molar-refractivity contribution < 1.29 is 9.53 Å². The molecule has 1 saturated heterocycles. The van der Waals surface area contributed by atoms with E-state index in [-0.39, 0.29) is 5.91 Å². The Morgan fingerprint density at radius 2 is 1.81 bits per heavy atom. The van der Waals surface area contributed by atoms with E-state index in [2.05, 4.69) is 14.9 Å². The summed E-state index contributed by atoms with van der Waals surface area (Å²) in [6, 6.07) is 5.38. The molecule has 0 aliphatic carbocycles. The van der Waals surface area contributed by atoms with Crippen LogP contribution in [0.4, 0.5) is 5.95 Å². The van der Waals surface area contributed by atoms with Gasteiger partial charge in [0.15, 0.2) is 0 Å². The van der Waals surface area contributed by atoms with Crippen molar-refractivity contribution in [3.8, 4) is 5.75 Å². The number of anilines is 1. The Bertz CT molecular complexity index is 988. The first-order valence-electron chi connectivity index (χ1n) is 8.36. The van der Waals surface area contributed by atoms with Gasteiger partial charge in [-0.05, 0) is 18.2 Å². The van der Waals surface area contributed by atoms with E-state index in [1.165, 1.54) is 11.3 Å². The van der Waals surface area contributed by atoms with Gasteiger partial charge in [-0.1, -0.05) is 23.2 Å². The normalized spacial score (nSPS) is 14.6. The summed E-state index contributed by atoms with van der Waals surface area (Å²) in [5, 5.41) is 1.69. The predicted molar refractivity (Wildman–Crippen MR) is 109 cm³/mol. The molecule has 140 valence electrons. The van der Waals surface area contributed by atoms with Gasteiger partial charge in [-0.3, -0.25) is 4.79 Å². The average molecular weight is 423 g/mol. The van der Waals surface area contributed by atoms with E-state index in [0.29, 0.717) is 52.8 Å². The number of aromatic nitrogens is 2. The van der Waals surface area contributed by atoms with E-state index in [0.717, 1.165) is 10.1 Å². The van der Waals surface area contributed by atoms with E-state index in [1.54, 1.807) is 36.5 Å². The number of carbonyl (C=O) groups excluding carboxylic acids is 1. The molecule has 0 N–H and O–H groups in total. The number of methoxy groups -OCH3 is 1. The molecule has 1 amide bonds. The third kappa shape index (κ3) is 3.31. The highest BCUT2D eigenvalue weighted by molar-refractivity contribution is 7.22. The zero-order valence-corrected chi connectivity index (χ0v) is 16.8. The van der Waals surface area contributed by atoms with E-state index in [4.69, 9.17) is 27.9 Å². The average Bonchev–Trinajstić information content (AvgIpc) is 3.06. The number of ether oxygens (including phenoxy) is 1. The van der Waals surface area contributed by atoms with E-state index >= 15 is 0 Å². The van der Waals surface area contributed by atoms with Crippen molar-refractivity contribution in [2.24, 2.45) is 0 Å². The van der Waals surface area contributed by atoms with Crippen LogP contribution in [0.2, 0.25) is 10.0 Å². The molecule has 1 aliphatic rings. The number of nitrogens with zero attached hydrogens (tertiary/aromatic N) is 4. The van der Waals surface area contributed by atoms with Gasteiger partial charge >= 0.3 is 0 Å². The lowest BCUT2D eigenvalue weighted by Crippen LogP contribution is -2.49. The van der Waals surface area contributed by atoms with Crippen molar-refractivity contribution >= 4 is 56.5 Å². The van der Waals surface area contributed by atoms with E-state index in [1.807, 2.05) is 6.07 Å². The zero-order chi connectivity index (χ0) is 19.0. The van der Waals surface area contributed by atoms with Crippen LogP contribution in [-0.2, 0) is 0 Å². The van der Waals surface area contributed by atoms with Crippen molar-refractivity contribution in [3.05, 3.63) is 45.5 Å². The van der Waals surface area contributed by atoms with Crippen LogP contribution >= 0.6 is 34.5 Å². The van der Waals surface area contributed by atoms with Gasteiger partial charge in [0.1, 0.15) is 15.6 Å².